The van der Waals surface area contributed by atoms with Gasteiger partial charge in [-0.1, -0.05) is 12.8 Å². The average molecular weight is 250 g/mol. The first-order valence-corrected chi connectivity index (χ1v) is 6.83. The zero-order valence-electron chi connectivity index (χ0n) is 10.9. The Hall–Kier alpha value is -1.45. The van der Waals surface area contributed by atoms with Crippen molar-refractivity contribution in [3.05, 3.63) is 24.2 Å². The van der Waals surface area contributed by atoms with E-state index in [1.165, 1.54) is 12.8 Å². The molecule has 2 N–H and O–H groups in total. The number of aryl methyl sites for hydroxylation is 1. The molecular formula is C14H22N2O2. The monoisotopic (exact) mass is 250 g/mol. The number of nitrogens with one attached hydrogen (secondary N) is 2. The van der Waals surface area contributed by atoms with E-state index >= 15 is 0 Å². The molecule has 0 bridgehead atoms. The molecule has 2 amide bonds. The molecule has 0 saturated heterocycles. The molecule has 100 valence electrons. The smallest absolute Gasteiger partial charge is 0.315 e. The van der Waals surface area contributed by atoms with Crippen LogP contribution < -0.4 is 10.6 Å². The first-order valence-electron chi connectivity index (χ1n) is 6.83. The molecule has 0 spiro atoms. The van der Waals surface area contributed by atoms with Gasteiger partial charge in [-0.25, -0.2) is 4.79 Å². The Bertz CT molecular complexity index is 356. The molecule has 1 atom stereocenters. The third kappa shape index (κ3) is 4.09. The first kappa shape index (κ1) is 13.0. The molecule has 1 unspecified atom stereocenters. The number of hydrogen-bond acceptors (Lipinski definition) is 2. The summed E-state index contributed by atoms with van der Waals surface area (Å²) in [6.07, 6.45) is 8.14. The molecule has 1 saturated carbocycles. The van der Waals surface area contributed by atoms with E-state index < -0.39 is 0 Å². The van der Waals surface area contributed by atoms with E-state index in [1.807, 2.05) is 19.1 Å². The molecular weight excluding hydrogens is 228 g/mol. The van der Waals surface area contributed by atoms with E-state index in [0.29, 0.717) is 6.04 Å². The van der Waals surface area contributed by atoms with Crippen molar-refractivity contribution in [1.82, 2.24) is 10.6 Å². The normalized spacial score (nSPS) is 17.6. The number of carbonyl (C=O) groups excluding carboxylic acids is 1. The third-order valence-corrected chi connectivity index (χ3v) is 3.47. The van der Waals surface area contributed by atoms with E-state index in [1.54, 1.807) is 6.26 Å². The van der Waals surface area contributed by atoms with E-state index in [4.69, 9.17) is 4.42 Å². The molecule has 2 rings (SSSR count). The SMILES string of the molecule is CC(CCc1ccco1)NC(=O)NC1CCCC1. The van der Waals surface area contributed by atoms with Gasteiger partial charge in [0, 0.05) is 18.5 Å². The Kier molecular flexibility index (Phi) is 4.67. The summed E-state index contributed by atoms with van der Waals surface area (Å²) in [5, 5.41) is 6.01. The predicted octanol–water partition coefficient (Wildman–Crippen LogP) is 2.84. The van der Waals surface area contributed by atoms with Crippen molar-refractivity contribution in [1.29, 1.82) is 0 Å². The van der Waals surface area contributed by atoms with Gasteiger partial charge in [-0.3, -0.25) is 0 Å². The van der Waals surface area contributed by atoms with Crippen LogP contribution in [0.2, 0.25) is 0 Å². The standard InChI is InChI=1S/C14H22N2O2/c1-11(8-9-13-7-4-10-18-13)15-14(17)16-12-5-2-3-6-12/h4,7,10-12H,2-3,5-6,8-9H2,1H3,(H2,15,16,17). The van der Waals surface area contributed by atoms with Crippen LogP contribution in [0, 0.1) is 0 Å². The van der Waals surface area contributed by atoms with Gasteiger partial charge in [0.05, 0.1) is 6.26 Å². The first-order chi connectivity index (χ1) is 8.74. The van der Waals surface area contributed by atoms with Gasteiger partial charge in [-0.15, -0.1) is 0 Å². The fraction of sp³-hybridized carbons (Fsp3) is 0.643. The van der Waals surface area contributed by atoms with Gasteiger partial charge in [0.2, 0.25) is 0 Å². The Morgan fingerprint density at radius 2 is 2.28 bits per heavy atom. The lowest BCUT2D eigenvalue weighted by atomic mass is 10.1. The summed E-state index contributed by atoms with van der Waals surface area (Å²) in [6, 6.07) is 4.36. The highest BCUT2D eigenvalue weighted by atomic mass is 16.3. The minimum atomic E-state index is -0.0335. The number of rotatable bonds is 5. The van der Waals surface area contributed by atoms with Gasteiger partial charge in [0.15, 0.2) is 0 Å². The molecule has 1 aromatic heterocycles. The fourth-order valence-electron chi connectivity index (χ4n) is 2.41. The summed E-state index contributed by atoms with van der Waals surface area (Å²) in [4.78, 5) is 11.7. The summed E-state index contributed by atoms with van der Waals surface area (Å²) in [5.41, 5.74) is 0. The molecule has 4 heteroatoms. The number of furan rings is 1. The van der Waals surface area contributed by atoms with Crippen LogP contribution in [-0.4, -0.2) is 18.1 Å². The van der Waals surface area contributed by atoms with Gasteiger partial charge in [-0.2, -0.15) is 0 Å². The lowest BCUT2D eigenvalue weighted by Crippen LogP contribution is -2.44. The van der Waals surface area contributed by atoms with Crippen LogP contribution in [0.3, 0.4) is 0 Å². The van der Waals surface area contributed by atoms with Crippen LogP contribution in [0.25, 0.3) is 0 Å². The summed E-state index contributed by atoms with van der Waals surface area (Å²) in [5.74, 6) is 0.972. The van der Waals surface area contributed by atoms with Crippen LogP contribution in [0.4, 0.5) is 4.79 Å². The van der Waals surface area contributed by atoms with Crippen molar-refractivity contribution in [2.75, 3.05) is 0 Å². The maximum absolute atomic E-state index is 11.7. The van der Waals surface area contributed by atoms with Gasteiger partial charge in [0.1, 0.15) is 5.76 Å². The molecule has 1 aromatic rings. The lowest BCUT2D eigenvalue weighted by Gasteiger charge is -2.17. The van der Waals surface area contributed by atoms with E-state index in [0.717, 1.165) is 31.4 Å². The van der Waals surface area contributed by atoms with Crippen molar-refractivity contribution in [3.8, 4) is 0 Å². The lowest BCUT2D eigenvalue weighted by molar-refractivity contribution is 0.233. The van der Waals surface area contributed by atoms with Gasteiger partial charge < -0.3 is 15.1 Å². The maximum Gasteiger partial charge on any atom is 0.315 e. The van der Waals surface area contributed by atoms with Crippen LogP contribution in [0.1, 0.15) is 44.8 Å². The number of amides is 2. The summed E-state index contributed by atoms with van der Waals surface area (Å²) in [6.45, 7) is 2.02. The number of carbonyl (C=O) groups is 1. The molecule has 0 radical (unpaired) electrons. The second-order valence-electron chi connectivity index (χ2n) is 5.12. The minimum Gasteiger partial charge on any atom is -0.469 e. The van der Waals surface area contributed by atoms with Gasteiger partial charge in [0.25, 0.3) is 0 Å². The highest BCUT2D eigenvalue weighted by Gasteiger charge is 2.17. The second kappa shape index (κ2) is 6.47. The predicted molar refractivity (Wildman–Crippen MR) is 70.4 cm³/mol. The quantitative estimate of drug-likeness (QED) is 0.844. The van der Waals surface area contributed by atoms with E-state index in [9.17, 15) is 4.79 Å². The molecule has 1 aliphatic carbocycles. The van der Waals surface area contributed by atoms with Crippen molar-refractivity contribution in [2.24, 2.45) is 0 Å². The molecule has 4 nitrogen and oxygen atoms in total. The van der Waals surface area contributed by atoms with Gasteiger partial charge in [-0.05, 0) is 38.3 Å². The topological polar surface area (TPSA) is 54.3 Å². The fourth-order valence-corrected chi connectivity index (χ4v) is 2.41. The summed E-state index contributed by atoms with van der Waals surface area (Å²) >= 11 is 0. The summed E-state index contributed by atoms with van der Waals surface area (Å²) in [7, 11) is 0. The third-order valence-electron chi connectivity index (χ3n) is 3.47. The van der Waals surface area contributed by atoms with Crippen molar-refractivity contribution in [3.63, 3.8) is 0 Å². The highest BCUT2D eigenvalue weighted by Crippen LogP contribution is 2.17. The largest absolute Gasteiger partial charge is 0.469 e. The highest BCUT2D eigenvalue weighted by molar-refractivity contribution is 5.74. The van der Waals surface area contributed by atoms with Crippen LogP contribution in [-0.2, 0) is 6.42 Å². The Labute approximate surface area is 108 Å². The molecule has 18 heavy (non-hydrogen) atoms. The van der Waals surface area contributed by atoms with Crippen LogP contribution in [0.15, 0.2) is 22.8 Å². The van der Waals surface area contributed by atoms with E-state index in [2.05, 4.69) is 10.6 Å². The second-order valence-corrected chi connectivity index (χ2v) is 5.12. The minimum absolute atomic E-state index is 0.0335. The molecule has 1 fully saturated rings. The number of hydrogen-bond donors (Lipinski definition) is 2. The van der Waals surface area contributed by atoms with Crippen molar-refractivity contribution >= 4 is 6.03 Å². The van der Waals surface area contributed by atoms with Gasteiger partial charge >= 0.3 is 6.03 Å². The van der Waals surface area contributed by atoms with E-state index in [-0.39, 0.29) is 12.1 Å². The average Bonchev–Trinajstić information content (AvgIpc) is 2.98. The molecule has 1 aliphatic rings. The molecule has 0 aliphatic heterocycles. The molecule has 0 aromatic carbocycles. The summed E-state index contributed by atoms with van der Waals surface area (Å²) < 4.78 is 5.27. The van der Waals surface area contributed by atoms with Crippen molar-refractivity contribution < 1.29 is 9.21 Å². The Morgan fingerprint density at radius 1 is 1.50 bits per heavy atom. The van der Waals surface area contributed by atoms with Crippen LogP contribution >= 0.6 is 0 Å². The number of urea groups is 1. The molecule has 1 heterocycles. The maximum atomic E-state index is 11.7. The van der Waals surface area contributed by atoms with Crippen molar-refractivity contribution in [2.45, 2.75) is 57.5 Å². The zero-order chi connectivity index (χ0) is 12.8. The Morgan fingerprint density at radius 3 is 2.94 bits per heavy atom. The van der Waals surface area contributed by atoms with Crippen LogP contribution in [0.5, 0.6) is 0 Å². The Balaban J connectivity index is 1.63. The zero-order valence-corrected chi connectivity index (χ0v) is 10.9.